The maximum absolute atomic E-state index is 5.35. The van der Waals surface area contributed by atoms with Gasteiger partial charge in [0.25, 0.3) is 0 Å². The van der Waals surface area contributed by atoms with Crippen LogP contribution in [0.3, 0.4) is 0 Å². The minimum Gasteiger partial charge on any atom is -0.381 e. The molecule has 5 nitrogen and oxygen atoms in total. The molecule has 0 aliphatic carbocycles. The van der Waals surface area contributed by atoms with Gasteiger partial charge in [-0.3, -0.25) is 0 Å². The first kappa shape index (κ1) is 10.9. The lowest BCUT2D eigenvalue weighted by Gasteiger charge is -2.28. The second-order valence-corrected chi connectivity index (χ2v) is 4.73. The lowest BCUT2D eigenvalue weighted by Crippen LogP contribution is -2.51. The predicted molar refractivity (Wildman–Crippen MR) is 65.1 cm³/mol. The van der Waals surface area contributed by atoms with E-state index < -0.39 is 0 Å². The fourth-order valence-electron chi connectivity index (χ4n) is 2.23. The number of anilines is 1. The Labute approximate surface area is 101 Å². The van der Waals surface area contributed by atoms with Crippen molar-refractivity contribution in [3.63, 3.8) is 0 Å². The first-order valence-corrected chi connectivity index (χ1v) is 6.30. The summed E-state index contributed by atoms with van der Waals surface area (Å²) in [4.78, 5) is 0. The van der Waals surface area contributed by atoms with Crippen molar-refractivity contribution < 1.29 is 4.74 Å². The highest BCUT2D eigenvalue weighted by Crippen LogP contribution is 2.25. The molecule has 2 aliphatic rings. The highest BCUT2D eigenvalue weighted by Gasteiger charge is 2.19. The third-order valence-corrected chi connectivity index (χ3v) is 3.46. The molecule has 0 saturated carbocycles. The Morgan fingerprint density at radius 3 is 2.59 bits per heavy atom. The zero-order valence-electron chi connectivity index (χ0n) is 9.85. The molecule has 0 atom stereocenters. The summed E-state index contributed by atoms with van der Waals surface area (Å²) in [5.74, 6) is 1.41. The average Bonchev–Trinajstić information content (AvgIpc) is 2.36. The maximum atomic E-state index is 5.35. The molecule has 1 aromatic rings. The van der Waals surface area contributed by atoms with Crippen LogP contribution in [-0.2, 0) is 4.74 Å². The molecule has 1 aromatic heterocycles. The standard InChI is InChI=1S/C12H18N4O/c1-2-12(14-10-7-13-8-10)16-15-11(1)9-3-5-17-6-4-9/h1-2,9-10,13H,3-8H2,(H,14,16). The normalized spacial score (nSPS) is 22.1. The molecule has 0 spiro atoms. The van der Waals surface area contributed by atoms with E-state index in [0.29, 0.717) is 12.0 Å². The molecule has 0 amide bonds. The quantitative estimate of drug-likeness (QED) is 0.808. The lowest BCUT2D eigenvalue weighted by atomic mass is 9.96. The Morgan fingerprint density at radius 2 is 2.00 bits per heavy atom. The zero-order valence-corrected chi connectivity index (χ0v) is 9.85. The third-order valence-electron chi connectivity index (χ3n) is 3.46. The van der Waals surface area contributed by atoms with Gasteiger partial charge >= 0.3 is 0 Å². The number of hydrogen-bond donors (Lipinski definition) is 2. The van der Waals surface area contributed by atoms with Crippen LogP contribution >= 0.6 is 0 Å². The first-order chi connectivity index (χ1) is 8.42. The Balaban J connectivity index is 1.62. The van der Waals surface area contributed by atoms with Crippen LogP contribution in [0.1, 0.15) is 24.5 Å². The molecule has 2 N–H and O–H groups in total. The smallest absolute Gasteiger partial charge is 0.148 e. The summed E-state index contributed by atoms with van der Waals surface area (Å²) in [6.07, 6.45) is 2.13. The summed E-state index contributed by atoms with van der Waals surface area (Å²) >= 11 is 0. The Kier molecular flexibility index (Phi) is 3.20. The van der Waals surface area contributed by atoms with Gasteiger partial charge in [0, 0.05) is 32.2 Å². The van der Waals surface area contributed by atoms with E-state index in [1.165, 1.54) is 0 Å². The van der Waals surface area contributed by atoms with Crippen LogP contribution in [0.25, 0.3) is 0 Å². The lowest BCUT2D eigenvalue weighted by molar-refractivity contribution is 0.0843. The molecule has 2 saturated heterocycles. The fraction of sp³-hybridized carbons (Fsp3) is 0.667. The summed E-state index contributed by atoms with van der Waals surface area (Å²) < 4.78 is 5.35. The molecular formula is C12H18N4O. The van der Waals surface area contributed by atoms with Crippen molar-refractivity contribution in [2.45, 2.75) is 24.8 Å². The van der Waals surface area contributed by atoms with Gasteiger partial charge in [0.15, 0.2) is 0 Å². The van der Waals surface area contributed by atoms with Gasteiger partial charge in [-0.25, -0.2) is 0 Å². The van der Waals surface area contributed by atoms with E-state index in [1.807, 2.05) is 6.07 Å². The van der Waals surface area contributed by atoms with E-state index in [-0.39, 0.29) is 0 Å². The van der Waals surface area contributed by atoms with Crippen molar-refractivity contribution in [1.82, 2.24) is 15.5 Å². The Hall–Kier alpha value is -1.20. The van der Waals surface area contributed by atoms with E-state index in [4.69, 9.17) is 4.74 Å². The van der Waals surface area contributed by atoms with Gasteiger partial charge in [0.1, 0.15) is 5.82 Å². The van der Waals surface area contributed by atoms with Gasteiger partial charge in [-0.2, -0.15) is 5.10 Å². The Bertz CT molecular complexity index is 357. The van der Waals surface area contributed by atoms with Gasteiger partial charge in [-0.1, -0.05) is 0 Å². The van der Waals surface area contributed by atoms with Crippen molar-refractivity contribution in [3.8, 4) is 0 Å². The summed E-state index contributed by atoms with van der Waals surface area (Å²) in [6, 6.07) is 4.64. The number of rotatable bonds is 3. The maximum Gasteiger partial charge on any atom is 0.148 e. The minimum atomic E-state index is 0.512. The van der Waals surface area contributed by atoms with Crippen LogP contribution in [0.5, 0.6) is 0 Å². The molecule has 92 valence electrons. The molecule has 3 heterocycles. The molecule has 3 rings (SSSR count). The van der Waals surface area contributed by atoms with Crippen LogP contribution in [0, 0.1) is 0 Å². The van der Waals surface area contributed by atoms with Crippen molar-refractivity contribution in [1.29, 1.82) is 0 Å². The number of nitrogens with one attached hydrogen (secondary N) is 2. The largest absolute Gasteiger partial charge is 0.381 e. The molecule has 5 heteroatoms. The summed E-state index contributed by atoms with van der Waals surface area (Å²) in [7, 11) is 0. The van der Waals surface area contributed by atoms with Gasteiger partial charge in [0.05, 0.1) is 11.7 Å². The van der Waals surface area contributed by atoms with Crippen molar-refractivity contribution in [3.05, 3.63) is 17.8 Å². The number of aromatic nitrogens is 2. The first-order valence-electron chi connectivity index (χ1n) is 6.30. The highest BCUT2D eigenvalue weighted by atomic mass is 16.5. The third kappa shape index (κ3) is 2.56. The number of ether oxygens (including phenoxy) is 1. The van der Waals surface area contributed by atoms with Crippen LogP contribution in [0.15, 0.2) is 12.1 Å². The topological polar surface area (TPSA) is 59.1 Å². The number of nitrogens with zero attached hydrogens (tertiary/aromatic N) is 2. The summed E-state index contributed by atoms with van der Waals surface area (Å²) in [5.41, 5.74) is 1.10. The van der Waals surface area contributed by atoms with E-state index in [2.05, 4.69) is 26.9 Å². The van der Waals surface area contributed by atoms with Crippen LogP contribution < -0.4 is 10.6 Å². The predicted octanol–water partition coefficient (Wildman–Crippen LogP) is 0.754. The summed E-state index contributed by atoms with van der Waals surface area (Å²) in [6.45, 7) is 3.73. The van der Waals surface area contributed by atoms with Crippen molar-refractivity contribution in [2.24, 2.45) is 0 Å². The van der Waals surface area contributed by atoms with E-state index in [1.54, 1.807) is 0 Å². The van der Waals surface area contributed by atoms with Crippen LogP contribution in [0.2, 0.25) is 0 Å². The molecule has 0 aromatic carbocycles. The van der Waals surface area contributed by atoms with Crippen molar-refractivity contribution in [2.75, 3.05) is 31.6 Å². The van der Waals surface area contributed by atoms with E-state index in [0.717, 1.165) is 50.7 Å². The fourth-order valence-corrected chi connectivity index (χ4v) is 2.23. The van der Waals surface area contributed by atoms with Crippen molar-refractivity contribution >= 4 is 5.82 Å². The number of hydrogen-bond acceptors (Lipinski definition) is 5. The van der Waals surface area contributed by atoms with Gasteiger partial charge in [-0.15, -0.1) is 5.10 Å². The van der Waals surface area contributed by atoms with Crippen LogP contribution in [0.4, 0.5) is 5.82 Å². The molecule has 2 fully saturated rings. The second-order valence-electron chi connectivity index (χ2n) is 4.73. The minimum absolute atomic E-state index is 0.512. The molecule has 0 radical (unpaired) electrons. The molecule has 17 heavy (non-hydrogen) atoms. The summed E-state index contributed by atoms with van der Waals surface area (Å²) in [5, 5.41) is 15.1. The van der Waals surface area contributed by atoms with E-state index >= 15 is 0 Å². The van der Waals surface area contributed by atoms with Gasteiger partial charge < -0.3 is 15.4 Å². The molecule has 0 bridgehead atoms. The van der Waals surface area contributed by atoms with Gasteiger partial charge in [-0.05, 0) is 25.0 Å². The molecular weight excluding hydrogens is 216 g/mol. The van der Waals surface area contributed by atoms with Crippen LogP contribution in [-0.4, -0.2) is 42.5 Å². The second kappa shape index (κ2) is 4.98. The highest BCUT2D eigenvalue weighted by molar-refractivity contribution is 5.35. The average molecular weight is 234 g/mol. The monoisotopic (exact) mass is 234 g/mol. The molecule has 2 aliphatic heterocycles. The van der Waals surface area contributed by atoms with E-state index in [9.17, 15) is 0 Å². The van der Waals surface area contributed by atoms with Gasteiger partial charge in [0.2, 0.25) is 0 Å². The molecule has 0 unspecified atom stereocenters. The zero-order chi connectivity index (χ0) is 11.5. The Morgan fingerprint density at radius 1 is 1.18 bits per heavy atom. The SMILES string of the molecule is c1cc(C2CCOCC2)nnc1NC1CNC1.